The lowest BCUT2D eigenvalue weighted by atomic mass is 10.0. The number of aromatic nitrogens is 2. The van der Waals surface area contributed by atoms with Crippen LogP contribution in [-0.2, 0) is 29.1 Å². The van der Waals surface area contributed by atoms with Gasteiger partial charge in [0.2, 0.25) is 11.8 Å². The molecule has 0 spiro atoms. The van der Waals surface area contributed by atoms with Gasteiger partial charge in [-0.2, -0.15) is 5.10 Å². The van der Waals surface area contributed by atoms with E-state index in [-0.39, 0.29) is 17.7 Å². The number of nitrogens with one attached hydrogen (secondary N) is 2. The molecule has 0 unspecified atom stereocenters. The van der Waals surface area contributed by atoms with E-state index in [0.29, 0.717) is 50.6 Å². The number of carbonyl (C=O) groups is 3. The summed E-state index contributed by atoms with van der Waals surface area (Å²) in [5.41, 5.74) is 2.13. The van der Waals surface area contributed by atoms with E-state index in [1.54, 1.807) is 16.6 Å². The fourth-order valence-electron chi connectivity index (χ4n) is 3.05. The maximum absolute atomic E-state index is 12.1. The van der Waals surface area contributed by atoms with Crippen molar-refractivity contribution in [2.24, 2.45) is 5.92 Å². The zero-order chi connectivity index (χ0) is 19.3. The first-order valence-electron chi connectivity index (χ1n) is 9.16. The molecule has 0 radical (unpaired) electrons. The topological polar surface area (TPSA) is 96.3 Å². The van der Waals surface area contributed by atoms with Crippen LogP contribution in [0.5, 0.6) is 0 Å². The zero-order valence-corrected chi connectivity index (χ0v) is 16.1. The van der Waals surface area contributed by atoms with Crippen LogP contribution in [0.4, 0.5) is 0 Å². The van der Waals surface area contributed by atoms with Gasteiger partial charge in [-0.15, -0.1) is 0 Å². The monoisotopic (exact) mass is 363 g/mol. The summed E-state index contributed by atoms with van der Waals surface area (Å²) in [4.78, 5) is 37.4. The summed E-state index contributed by atoms with van der Waals surface area (Å²) >= 11 is 0. The molecule has 8 nitrogen and oxygen atoms in total. The Bertz CT molecular complexity index is 681. The summed E-state index contributed by atoms with van der Waals surface area (Å²) in [5.74, 6) is 0.266. The van der Waals surface area contributed by atoms with Crippen LogP contribution in [0.25, 0.3) is 0 Å². The minimum absolute atomic E-state index is 0.0105. The van der Waals surface area contributed by atoms with Gasteiger partial charge in [0.15, 0.2) is 5.69 Å². The van der Waals surface area contributed by atoms with E-state index in [1.165, 1.54) is 6.92 Å². The second-order valence-corrected chi connectivity index (χ2v) is 7.05. The minimum Gasteiger partial charge on any atom is -0.354 e. The Balaban J connectivity index is 2.06. The fraction of sp³-hybridized carbons (Fsp3) is 0.667. The second kappa shape index (κ2) is 8.82. The number of fused-ring (bicyclic) bond motifs is 1. The highest BCUT2D eigenvalue weighted by Crippen LogP contribution is 2.23. The average molecular weight is 363 g/mol. The van der Waals surface area contributed by atoms with Gasteiger partial charge in [0.25, 0.3) is 5.91 Å². The molecule has 0 saturated heterocycles. The lowest BCUT2D eigenvalue weighted by Crippen LogP contribution is -2.36. The normalized spacial score (nSPS) is 13.5. The van der Waals surface area contributed by atoms with Crippen LogP contribution in [0.15, 0.2) is 0 Å². The molecule has 26 heavy (non-hydrogen) atoms. The molecule has 2 N–H and O–H groups in total. The molecule has 0 fully saturated rings. The maximum Gasteiger partial charge on any atom is 0.271 e. The van der Waals surface area contributed by atoms with E-state index >= 15 is 0 Å². The Morgan fingerprint density at radius 3 is 2.62 bits per heavy atom. The van der Waals surface area contributed by atoms with Gasteiger partial charge in [-0.3, -0.25) is 19.1 Å². The molecule has 144 valence electrons. The molecule has 0 saturated carbocycles. The fourth-order valence-corrected chi connectivity index (χ4v) is 3.05. The van der Waals surface area contributed by atoms with Gasteiger partial charge in [-0.05, 0) is 12.3 Å². The van der Waals surface area contributed by atoms with Gasteiger partial charge in [0.05, 0.1) is 6.54 Å². The van der Waals surface area contributed by atoms with Gasteiger partial charge >= 0.3 is 0 Å². The quantitative estimate of drug-likeness (QED) is 0.745. The van der Waals surface area contributed by atoms with Crippen LogP contribution < -0.4 is 10.6 Å². The Hall–Kier alpha value is -2.38. The molecule has 1 aromatic rings. The van der Waals surface area contributed by atoms with Gasteiger partial charge in [-0.1, -0.05) is 13.8 Å². The first kappa shape index (κ1) is 19.9. The van der Waals surface area contributed by atoms with E-state index in [1.807, 2.05) is 0 Å². The largest absolute Gasteiger partial charge is 0.354 e. The standard InChI is InChI=1S/C18H29N5O3/c1-12(2)5-6-16(25)20-8-10-23-15-7-9-22(13(3)24)11-14(15)17(21-23)18(26)19-4/h12H,5-11H2,1-4H3,(H,19,26)(H,20,25). The molecular formula is C18H29N5O3. The number of hydrogen-bond donors (Lipinski definition) is 2. The number of amides is 3. The van der Waals surface area contributed by atoms with Gasteiger partial charge in [0, 0.05) is 57.7 Å². The predicted molar refractivity (Wildman–Crippen MR) is 97.5 cm³/mol. The van der Waals surface area contributed by atoms with Gasteiger partial charge in [-0.25, -0.2) is 0 Å². The van der Waals surface area contributed by atoms with Crippen molar-refractivity contribution in [3.05, 3.63) is 17.0 Å². The second-order valence-electron chi connectivity index (χ2n) is 7.05. The zero-order valence-electron chi connectivity index (χ0n) is 16.1. The third-order valence-electron chi connectivity index (χ3n) is 4.62. The van der Waals surface area contributed by atoms with Crippen LogP contribution >= 0.6 is 0 Å². The van der Waals surface area contributed by atoms with Crippen molar-refractivity contribution in [3.8, 4) is 0 Å². The summed E-state index contributed by atoms with van der Waals surface area (Å²) in [6.07, 6.45) is 2.04. The third kappa shape index (κ3) is 4.83. The van der Waals surface area contributed by atoms with E-state index in [0.717, 1.165) is 17.7 Å². The molecule has 1 aliphatic rings. The number of nitrogens with zero attached hydrogens (tertiary/aromatic N) is 3. The Morgan fingerprint density at radius 1 is 1.27 bits per heavy atom. The van der Waals surface area contributed by atoms with Crippen molar-refractivity contribution < 1.29 is 14.4 Å². The lowest BCUT2D eigenvalue weighted by molar-refractivity contribution is -0.129. The summed E-state index contributed by atoms with van der Waals surface area (Å²) in [7, 11) is 1.56. The minimum atomic E-state index is -0.258. The molecule has 2 rings (SSSR count). The Kier molecular flexibility index (Phi) is 6.76. The van der Waals surface area contributed by atoms with Crippen molar-refractivity contribution in [2.75, 3.05) is 20.1 Å². The van der Waals surface area contributed by atoms with Crippen LogP contribution in [-0.4, -0.2) is 52.5 Å². The van der Waals surface area contributed by atoms with E-state index in [2.05, 4.69) is 29.6 Å². The molecule has 2 heterocycles. The molecule has 0 bridgehead atoms. The van der Waals surface area contributed by atoms with Crippen molar-refractivity contribution in [2.45, 2.75) is 53.1 Å². The average Bonchev–Trinajstić information content (AvgIpc) is 2.97. The van der Waals surface area contributed by atoms with Gasteiger partial charge < -0.3 is 15.5 Å². The maximum atomic E-state index is 12.1. The highest BCUT2D eigenvalue weighted by molar-refractivity contribution is 5.94. The Labute approximate surface area is 154 Å². The first-order valence-corrected chi connectivity index (χ1v) is 9.16. The Morgan fingerprint density at radius 2 is 2.00 bits per heavy atom. The van der Waals surface area contributed by atoms with Crippen molar-refractivity contribution >= 4 is 17.7 Å². The molecule has 0 aliphatic carbocycles. The first-order chi connectivity index (χ1) is 12.3. The molecule has 0 aromatic carbocycles. The van der Waals surface area contributed by atoms with Crippen LogP contribution in [0.1, 0.15) is 55.4 Å². The summed E-state index contributed by atoms with van der Waals surface area (Å²) in [6, 6.07) is 0. The summed E-state index contributed by atoms with van der Waals surface area (Å²) in [6.45, 7) is 7.70. The van der Waals surface area contributed by atoms with Crippen LogP contribution in [0.2, 0.25) is 0 Å². The van der Waals surface area contributed by atoms with Crippen LogP contribution in [0, 0.1) is 5.92 Å². The lowest BCUT2D eigenvalue weighted by Gasteiger charge is -2.26. The van der Waals surface area contributed by atoms with Gasteiger partial charge in [0.1, 0.15) is 0 Å². The predicted octanol–water partition coefficient (Wildman–Crippen LogP) is 0.700. The number of rotatable bonds is 7. The van der Waals surface area contributed by atoms with Crippen molar-refractivity contribution in [1.29, 1.82) is 0 Å². The van der Waals surface area contributed by atoms with E-state index in [4.69, 9.17) is 0 Å². The van der Waals surface area contributed by atoms with E-state index < -0.39 is 0 Å². The van der Waals surface area contributed by atoms with Crippen molar-refractivity contribution in [3.63, 3.8) is 0 Å². The molecule has 0 atom stereocenters. The van der Waals surface area contributed by atoms with Crippen LogP contribution in [0.3, 0.4) is 0 Å². The molecule has 3 amide bonds. The third-order valence-corrected chi connectivity index (χ3v) is 4.62. The molecule has 8 heteroatoms. The van der Waals surface area contributed by atoms with Crippen molar-refractivity contribution in [1.82, 2.24) is 25.3 Å². The smallest absolute Gasteiger partial charge is 0.271 e. The SMILES string of the molecule is CNC(=O)c1nn(CCNC(=O)CCC(C)C)c2c1CN(C(C)=O)CC2. The number of carbonyl (C=O) groups excluding carboxylic acids is 3. The van der Waals surface area contributed by atoms with E-state index in [9.17, 15) is 14.4 Å². The molecular weight excluding hydrogens is 334 g/mol. The highest BCUT2D eigenvalue weighted by atomic mass is 16.2. The molecule has 1 aliphatic heterocycles. The number of hydrogen-bond acceptors (Lipinski definition) is 4. The summed E-state index contributed by atoms with van der Waals surface area (Å²) in [5, 5.41) is 9.95. The summed E-state index contributed by atoms with van der Waals surface area (Å²) < 4.78 is 1.79. The highest BCUT2D eigenvalue weighted by Gasteiger charge is 2.28. The molecule has 1 aromatic heterocycles.